The summed E-state index contributed by atoms with van der Waals surface area (Å²) in [6.07, 6.45) is 6.80. The van der Waals surface area contributed by atoms with Gasteiger partial charge in [0, 0.05) is 25.0 Å². The van der Waals surface area contributed by atoms with Gasteiger partial charge < -0.3 is 10.2 Å². The summed E-state index contributed by atoms with van der Waals surface area (Å²) in [5.74, 6) is -0.759. The number of likely N-dealkylation sites (tertiary alicyclic amines) is 1. The number of carbonyl (C=O) groups is 4. The van der Waals surface area contributed by atoms with E-state index in [4.69, 9.17) is 0 Å². The van der Waals surface area contributed by atoms with Gasteiger partial charge in [0.1, 0.15) is 6.04 Å². The fourth-order valence-electron chi connectivity index (χ4n) is 4.86. The van der Waals surface area contributed by atoms with Crippen molar-refractivity contribution >= 4 is 23.6 Å². The number of imide groups is 1. The molecule has 2 fully saturated rings. The molecule has 160 valence electrons. The van der Waals surface area contributed by atoms with Gasteiger partial charge in [0.05, 0.1) is 11.1 Å². The molecule has 0 radical (unpaired) electrons. The van der Waals surface area contributed by atoms with Crippen molar-refractivity contribution in [1.82, 2.24) is 15.1 Å². The fraction of sp³-hybridized carbons (Fsp3) is 0.565. The fourth-order valence-corrected chi connectivity index (χ4v) is 4.86. The van der Waals surface area contributed by atoms with Crippen LogP contribution in [0.4, 0.5) is 0 Å². The van der Waals surface area contributed by atoms with Crippen molar-refractivity contribution in [2.45, 2.75) is 64.0 Å². The Morgan fingerprint density at radius 1 is 0.933 bits per heavy atom. The molecule has 7 nitrogen and oxygen atoms in total. The number of benzene rings is 1. The van der Waals surface area contributed by atoms with E-state index in [0.717, 1.165) is 30.6 Å². The lowest BCUT2D eigenvalue weighted by Gasteiger charge is -2.36. The largest absolute Gasteiger partial charge is 0.353 e. The van der Waals surface area contributed by atoms with Gasteiger partial charge in [-0.05, 0) is 44.7 Å². The summed E-state index contributed by atoms with van der Waals surface area (Å²) in [4.78, 5) is 53.5. The van der Waals surface area contributed by atoms with E-state index >= 15 is 0 Å². The molecule has 1 aromatic carbocycles. The minimum atomic E-state index is -0.842. The second-order valence-electron chi connectivity index (χ2n) is 8.64. The number of nitrogens with zero attached hydrogens (tertiary/aromatic N) is 2. The maximum atomic E-state index is 13.0. The van der Waals surface area contributed by atoms with E-state index in [1.54, 1.807) is 36.1 Å². The number of rotatable bonds is 4. The number of hydrogen-bond acceptors (Lipinski definition) is 4. The van der Waals surface area contributed by atoms with Crippen molar-refractivity contribution in [3.8, 4) is 0 Å². The Morgan fingerprint density at radius 2 is 1.50 bits per heavy atom. The van der Waals surface area contributed by atoms with Crippen molar-refractivity contribution < 1.29 is 19.2 Å². The molecule has 4 amide bonds. The summed E-state index contributed by atoms with van der Waals surface area (Å²) < 4.78 is 0. The lowest BCUT2D eigenvalue weighted by molar-refractivity contribution is -0.136. The van der Waals surface area contributed by atoms with Gasteiger partial charge >= 0.3 is 0 Å². The second kappa shape index (κ2) is 8.58. The van der Waals surface area contributed by atoms with Crippen molar-refractivity contribution in [3.63, 3.8) is 0 Å². The minimum absolute atomic E-state index is 0.0816. The Labute approximate surface area is 176 Å². The Hall–Kier alpha value is -2.70. The number of hydrogen-bond donors (Lipinski definition) is 1. The van der Waals surface area contributed by atoms with Gasteiger partial charge in [-0.25, -0.2) is 0 Å². The van der Waals surface area contributed by atoms with Crippen LogP contribution in [-0.4, -0.2) is 58.6 Å². The smallest absolute Gasteiger partial charge is 0.262 e. The SMILES string of the molecule is CC(C(=O)N1CCC(NC(=O)C2CCCCC2)CC1)N1C(=O)c2ccccc2C1=O. The molecule has 1 N–H and O–H groups in total. The molecule has 2 heterocycles. The molecular weight excluding hydrogens is 382 g/mol. The van der Waals surface area contributed by atoms with Gasteiger partial charge in [-0.3, -0.25) is 24.1 Å². The summed E-state index contributed by atoms with van der Waals surface area (Å²) in [6.45, 7) is 2.64. The second-order valence-corrected chi connectivity index (χ2v) is 8.64. The summed E-state index contributed by atoms with van der Waals surface area (Å²) in [6, 6.07) is 5.91. The lowest BCUT2D eigenvalue weighted by Crippen LogP contribution is -2.53. The first-order chi connectivity index (χ1) is 14.5. The number of nitrogens with one attached hydrogen (secondary N) is 1. The van der Waals surface area contributed by atoms with E-state index in [2.05, 4.69) is 5.32 Å². The standard InChI is InChI=1S/C23H29N3O4/c1-15(26-22(29)18-9-5-6-10-19(18)23(26)30)21(28)25-13-11-17(12-14-25)24-20(27)16-7-3-2-4-8-16/h5-6,9-10,15-17H,2-4,7-8,11-14H2,1H3,(H,24,27). The Morgan fingerprint density at radius 3 is 2.07 bits per heavy atom. The van der Waals surface area contributed by atoms with Gasteiger partial charge in [0.25, 0.3) is 11.8 Å². The van der Waals surface area contributed by atoms with Crippen LogP contribution >= 0.6 is 0 Å². The van der Waals surface area contributed by atoms with E-state index in [1.807, 2.05) is 0 Å². The molecule has 3 aliphatic rings. The maximum absolute atomic E-state index is 13.0. The number of piperidine rings is 1. The first kappa shape index (κ1) is 20.6. The number of carbonyl (C=O) groups excluding carboxylic acids is 4. The average molecular weight is 412 g/mol. The molecule has 1 saturated carbocycles. The van der Waals surface area contributed by atoms with Crippen LogP contribution in [0.3, 0.4) is 0 Å². The highest BCUT2D eigenvalue weighted by Gasteiger charge is 2.42. The Kier molecular flexibility index (Phi) is 5.88. The molecule has 0 spiro atoms. The maximum Gasteiger partial charge on any atom is 0.262 e. The third-order valence-corrected chi connectivity index (χ3v) is 6.70. The van der Waals surface area contributed by atoms with Crippen molar-refractivity contribution in [2.24, 2.45) is 5.92 Å². The molecule has 7 heteroatoms. The van der Waals surface area contributed by atoms with E-state index in [1.165, 1.54) is 6.42 Å². The summed E-state index contributed by atoms with van der Waals surface area (Å²) in [5.41, 5.74) is 0.706. The lowest BCUT2D eigenvalue weighted by atomic mass is 9.88. The molecule has 0 aromatic heterocycles. The highest BCUT2D eigenvalue weighted by atomic mass is 16.2. The summed E-state index contributed by atoms with van der Waals surface area (Å²) >= 11 is 0. The third kappa shape index (κ3) is 3.85. The monoisotopic (exact) mass is 411 g/mol. The van der Waals surface area contributed by atoms with E-state index in [9.17, 15) is 19.2 Å². The van der Waals surface area contributed by atoms with Crippen LogP contribution in [0.1, 0.15) is 72.6 Å². The predicted molar refractivity (Wildman–Crippen MR) is 111 cm³/mol. The van der Waals surface area contributed by atoms with Crippen LogP contribution in [0.15, 0.2) is 24.3 Å². The van der Waals surface area contributed by atoms with Gasteiger partial charge in [-0.1, -0.05) is 31.4 Å². The third-order valence-electron chi connectivity index (χ3n) is 6.70. The van der Waals surface area contributed by atoms with E-state index < -0.39 is 17.9 Å². The summed E-state index contributed by atoms with van der Waals surface area (Å²) in [7, 11) is 0. The molecule has 1 aliphatic carbocycles. The average Bonchev–Trinajstić information content (AvgIpc) is 3.04. The number of amides is 4. The number of fused-ring (bicyclic) bond motifs is 1. The normalized spacial score (nSPS) is 21.5. The van der Waals surface area contributed by atoms with Gasteiger partial charge in [-0.15, -0.1) is 0 Å². The highest BCUT2D eigenvalue weighted by molar-refractivity contribution is 6.22. The summed E-state index contributed by atoms with van der Waals surface area (Å²) in [5, 5.41) is 3.16. The zero-order chi connectivity index (χ0) is 21.3. The van der Waals surface area contributed by atoms with Crippen LogP contribution in [0.2, 0.25) is 0 Å². The Bertz CT molecular complexity index is 819. The van der Waals surface area contributed by atoms with Crippen molar-refractivity contribution in [1.29, 1.82) is 0 Å². The van der Waals surface area contributed by atoms with Crippen LogP contribution in [0.25, 0.3) is 0 Å². The molecule has 4 rings (SSSR count). The zero-order valence-electron chi connectivity index (χ0n) is 17.4. The molecule has 1 atom stereocenters. The molecule has 1 saturated heterocycles. The molecule has 1 aromatic rings. The minimum Gasteiger partial charge on any atom is -0.353 e. The van der Waals surface area contributed by atoms with Crippen molar-refractivity contribution in [2.75, 3.05) is 13.1 Å². The first-order valence-corrected chi connectivity index (χ1v) is 11.0. The highest BCUT2D eigenvalue weighted by Crippen LogP contribution is 2.26. The van der Waals surface area contributed by atoms with Gasteiger partial charge in [0.2, 0.25) is 11.8 Å². The Balaban J connectivity index is 1.32. The van der Waals surface area contributed by atoms with E-state index in [-0.39, 0.29) is 23.8 Å². The predicted octanol–water partition coefficient (Wildman–Crippen LogP) is 2.36. The van der Waals surface area contributed by atoms with Crippen LogP contribution < -0.4 is 5.32 Å². The quantitative estimate of drug-likeness (QED) is 0.771. The van der Waals surface area contributed by atoms with Crippen LogP contribution in [-0.2, 0) is 9.59 Å². The van der Waals surface area contributed by atoms with Crippen molar-refractivity contribution in [3.05, 3.63) is 35.4 Å². The molecular formula is C23H29N3O4. The van der Waals surface area contributed by atoms with E-state index in [0.29, 0.717) is 37.1 Å². The van der Waals surface area contributed by atoms with Crippen LogP contribution in [0.5, 0.6) is 0 Å². The molecule has 30 heavy (non-hydrogen) atoms. The first-order valence-electron chi connectivity index (χ1n) is 11.0. The molecule has 1 unspecified atom stereocenters. The van der Waals surface area contributed by atoms with Crippen LogP contribution in [0, 0.1) is 5.92 Å². The molecule has 0 bridgehead atoms. The zero-order valence-corrected chi connectivity index (χ0v) is 17.4. The molecule has 2 aliphatic heterocycles. The van der Waals surface area contributed by atoms with Gasteiger partial charge in [0.15, 0.2) is 0 Å². The topological polar surface area (TPSA) is 86.8 Å². The van der Waals surface area contributed by atoms with Gasteiger partial charge in [-0.2, -0.15) is 0 Å².